The van der Waals surface area contributed by atoms with Gasteiger partial charge in [0.15, 0.2) is 11.2 Å². The Bertz CT molecular complexity index is 832. The Labute approximate surface area is 132 Å². The molecule has 0 saturated heterocycles. The number of ether oxygens (including phenoxy) is 1. The second-order valence-corrected chi connectivity index (χ2v) is 5.38. The number of amides is 1. The van der Waals surface area contributed by atoms with Gasteiger partial charge in [-0.25, -0.2) is 9.78 Å². The van der Waals surface area contributed by atoms with Crippen molar-refractivity contribution in [3.63, 3.8) is 0 Å². The van der Waals surface area contributed by atoms with E-state index in [9.17, 15) is 14.4 Å². The van der Waals surface area contributed by atoms with E-state index in [1.165, 1.54) is 29.6 Å². The van der Waals surface area contributed by atoms with E-state index in [2.05, 4.69) is 10.3 Å². The monoisotopic (exact) mass is 323 g/mol. The maximum Gasteiger partial charge on any atom is 0.332 e. The predicted molar refractivity (Wildman–Crippen MR) is 84.3 cm³/mol. The molecule has 0 aliphatic rings. The van der Waals surface area contributed by atoms with Crippen molar-refractivity contribution >= 4 is 17.1 Å². The number of carbonyl (C=O) groups is 1. The molecule has 2 aromatic heterocycles. The van der Waals surface area contributed by atoms with Crippen LogP contribution >= 0.6 is 0 Å². The first kappa shape index (κ1) is 16.9. The topological polar surface area (TPSA) is 100 Å². The Morgan fingerprint density at radius 2 is 2.04 bits per heavy atom. The summed E-state index contributed by atoms with van der Waals surface area (Å²) in [5.41, 5.74) is -0.444. The summed E-state index contributed by atoms with van der Waals surface area (Å²) in [7, 11) is 4.50. The van der Waals surface area contributed by atoms with Gasteiger partial charge in [0.05, 0.1) is 19.0 Å². The van der Waals surface area contributed by atoms with Gasteiger partial charge >= 0.3 is 5.69 Å². The molecule has 0 fully saturated rings. The van der Waals surface area contributed by atoms with Gasteiger partial charge in [0.25, 0.3) is 5.56 Å². The SMILES string of the molecule is CCC(COC)NC(=O)Cn1cnc2c1c(=O)n(C)c(=O)n2C. The minimum Gasteiger partial charge on any atom is -0.383 e. The zero-order valence-corrected chi connectivity index (χ0v) is 13.7. The molecule has 0 saturated carbocycles. The molecule has 2 heterocycles. The van der Waals surface area contributed by atoms with Crippen LogP contribution in [0.3, 0.4) is 0 Å². The number of nitrogens with zero attached hydrogens (tertiary/aromatic N) is 4. The fourth-order valence-electron chi connectivity index (χ4n) is 2.41. The van der Waals surface area contributed by atoms with E-state index in [0.29, 0.717) is 6.61 Å². The number of carbonyl (C=O) groups excluding carboxylic acids is 1. The highest BCUT2D eigenvalue weighted by Crippen LogP contribution is 2.05. The number of nitrogens with one attached hydrogen (secondary N) is 1. The summed E-state index contributed by atoms with van der Waals surface area (Å²) in [4.78, 5) is 40.4. The largest absolute Gasteiger partial charge is 0.383 e. The molecule has 9 heteroatoms. The van der Waals surface area contributed by atoms with E-state index in [1.54, 1.807) is 7.11 Å². The van der Waals surface area contributed by atoms with E-state index < -0.39 is 11.2 Å². The first-order valence-electron chi connectivity index (χ1n) is 7.29. The van der Waals surface area contributed by atoms with Crippen molar-refractivity contribution in [1.82, 2.24) is 24.0 Å². The van der Waals surface area contributed by atoms with E-state index in [0.717, 1.165) is 11.0 Å². The van der Waals surface area contributed by atoms with Crippen LogP contribution in [0.4, 0.5) is 0 Å². The molecule has 9 nitrogen and oxygen atoms in total. The molecule has 0 aromatic carbocycles. The van der Waals surface area contributed by atoms with Crippen LogP contribution in [0.1, 0.15) is 13.3 Å². The Kier molecular flexibility index (Phi) is 4.99. The number of methoxy groups -OCH3 is 1. The molecule has 0 radical (unpaired) electrons. The van der Waals surface area contributed by atoms with Crippen molar-refractivity contribution in [2.24, 2.45) is 14.1 Å². The summed E-state index contributed by atoms with van der Waals surface area (Å²) in [6.45, 7) is 2.31. The molecule has 1 amide bonds. The minimum atomic E-state index is -0.475. The molecule has 2 rings (SSSR count). The van der Waals surface area contributed by atoms with Gasteiger partial charge in [-0.15, -0.1) is 0 Å². The van der Waals surface area contributed by atoms with E-state index in [4.69, 9.17) is 4.74 Å². The number of rotatable bonds is 6. The molecule has 2 aromatic rings. The summed E-state index contributed by atoms with van der Waals surface area (Å²) in [5.74, 6) is -0.246. The van der Waals surface area contributed by atoms with Crippen molar-refractivity contribution in [1.29, 1.82) is 0 Å². The fourth-order valence-corrected chi connectivity index (χ4v) is 2.41. The first-order chi connectivity index (χ1) is 10.9. The quantitative estimate of drug-likeness (QED) is 0.733. The van der Waals surface area contributed by atoms with E-state index in [1.807, 2.05) is 6.92 Å². The zero-order valence-electron chi connectivity index (χ0n) is 13.7. The number of aryl methyl sites for hydroxylation is 1. The first-order valence-corrected chi connectivity index (χ1v) is 7.29. The molecule has 1 atom stereocenters. The number of fused-ring (bicyclic) bond motifs is 1. The molecular formula is C14H21N5O4. The highest BCUT2D eigenvalue weighted by Gasteiger charge is 2.17. The normalized spacial score (nSPS) is 12.5. The van der Waals surface area contributed by atoms with Crippen LogP contribution < -0.4 is 16.6 Å². The number of hydrogen-bond donors (Lipinski definition) is 1. The predicted octanol–water partition coefficient (Wildman–Crippen LogP) is -1.03. The van der Waals surface area contributed by atoms with Crippen LogP contribution in [0.25, 0.3) is 11.2 Å². The molecule has 126 valence electrons. The van der Waals surface area contributed by atoms with Gasteiger partial charge in [0, 0.05) is 21.2 Å². The van der Waals surface area contributed by atoms with Gasteiger partial charge in [-0.2, -0.15) is 0 Å². The third-order valence-corrected chi connectivity index (χ3v) is 3.76. The van der Waals surface area contributed by atoms with Crippen LogP contribution in [0.2, 0.25) is 0 Å². The third kappa shape index (κ3) is 3.19. The van der Waals surface area contributed by atoms with Crippen LogP contribution in [0.15, 0.2) is 15.9 Å². The summed E-state index contributed by atoms with van der Waals surface area (Å²) < 4.78 is 8.77. The molecule has 1 N–H and O–H groups in total. The van der Waals surface area contributed by atoms with E-state index in [-0.39, 0.29) is 29.7 Å². The lowest BCUT2D eigenvalue weighted by molar-refractivity contribution is -0.122. The molecule has 0 aliphatic heterocycles. The summed E-state index contributed by atoms with van der Waals surface area (Å²) in [6.07, 6.45) is 2.13. The summed E-state index contributed by atoms with van der Waals surface area (Å²) in [5, 5.41) is 2.84. The smallest absolute Gasteiger partial charge is 0.332 e. The lowest BCUT2D eigenvalue weighted by Gasteiger charge is -2.16. The van der Waals surface area contributed by atoms with Crippen LogP contribution in [-0.4, -0.2) is 44.4 Å². The average Bonchev–Trinajstić information content (AvgIpc) is 2.94. The molecule has 0 bridgehead atoms. The second-order valence-electron chi connectivity index (χ2n) is 5.38. The minimum absolute atomic E-state index is 0.0514. The second kappa shape index (κ2) is 6.78. The van der Waals surface area contributed by atoms with Gasteiger partial charge in [0.2, 0.25) is 5.91 Å². The third-order valence-electron chi connectivity index (χ3n) is 3.76. The van der Waals surface area contributed by atoms with Gasteiger partial charge in [0.1, 0.15) is 6.54 Å². The fraction of sp³-hybridized carbons (Fsp3) is 0.571. The lowest BCUT2D eigenvalue weighted by Crippen LogP contribution is -2.40. The van der Waals surface area contributed by atoms with Crippen LogP contribution in [-0.2, 0) is 30.2 Å². The van der Waals surface area contributed by atoms with Gasteiger partial charge in [-0.1, -0.05) is 6.92 Å². The van der Waals surface area contributed by atoms with Crippen molar-refractivity contribution in [2.75, 3.05) is 13.7 Å². The highest BCUT2D eigenvalue weighted by molar-refractivity contribution is 5.79. The number of hydrogen-bond acceptors (Lipinski definition) is 5. The maximum atomic E-state index is 12.3. The molecular weight excluding hydrogens is 302 g/mol. The summed E-state index contributed by atoms with van der Waals surface area (Å²) >= 11 is 0. The maximum absolute atomic E-state index is 12.3. The van der Waals surface area contributed by atoms with Crippen molar-refractivity contribution < 1.29 is 9.53 Å². The summed E-state index contributed by atoms with van der Waals surface area (Å²) in [6, 6.07) is -0.0884. The van der Waals surface area contributed by atoms with Gasteiger partial charge < -0.3 is 14.6 Å². The Morgan fingerprint density at radius 3 is 2.65 bits per heavy atom. The van der Waals surface area contributed by atoms with Gasteiger partial charge in [-0.3, -0.25) is 18.7 Å². The van der Waals surface area contributed by atoms with Crippen LogP contribution in [0.5, 0.6) is 0 Å². The molecule has 1 unspecified atom stereocenters. The zero-order chi connectivity index (χ0) is 17.1. The van der Waals surface area contributed by atoms with Crippen molar-refractivity contribution in [3.05, 3.63) is 27.2 Å². The molecule has 23 heavy (non-hydrogen) atoms. The molecule has 0 spiro atoms. The number of imidazole rings is 1. The van der Waals surface area contributed by atoms with E-state index >= 15 is 0 Å². The Hall–Kier alpha value is -2.42. The van der Waals surface area contributed by atoms with Gasteiger partial charge in [-0.05, 0) is 6.42 Å². The Balaban J connectivity index is 2.33. The lowest BCUT2D eigenvalue weighted by atomic mass is 10.2. The highest BCUT2D eigenvalue weighted by atomic mass is 16.5. The van der Waals surface area contributed by atoms with Crippen LogP contribution in [0, 0.1) is 0 Å². The van der Waals surface area contributed by atoms with Crippen molar-refractivity contribution in [3.8, 4) is 0 Å². The Morgan fingerprint density at radius 1 is 1.35 bits per heavy atom. The number of aromatic nitrogens is 4. The standard InChI is InChI=1S/C14H21N5O4/c1-5-9(7-23-4)16-10(20)6-19-8-15-12-11(19)13(21)18(3)14(22)17(12)2/h8-9H,5-7H2,1-4H3,(H,16,20). The average molecular weight is 323 g/mol. The molecule has 0 aliphatic carbocycles. The van der Waals surface area contributed by atoms with Crippen molar-refractivity contribution in [2.45, 2.75) is 25.9 Å².